The van der Waals surface area contributed by atoms with Crippen LogP contribution in [0.1, 0.15) is 25.7 Å². The standard InChI is InChI=1S/C11H21N5O2S/c1-8(2)16-9(6-12)14-15-11(16)19-7-10(17)13-4-5-18-3/h8H,4-7,12H2,1-3H3,(H,13,17). The van der Waals surface area contributed by atoms with Crippen molar-refractivity contribution in [1.82, 2.24) is 20.1 Å². The van der Waals surface area contributed by atoms with Crippen molar-refractivity contribution in [2.45, 2.75) is 31.6 Å². The number of methoxy groups -OCH3 is 1. The molecular formula is C11H21N5O2S. The van der Waals surface area contributed by atoms with Gasteiger partial charge in [0.25, 0.3) is 0 Å². The van der Waals surface area contributed by atoms with Crippen molar-refractivity contribution in [3.63, 3.8) is 0 Å². The highest BCUT2D eigenvalue weighted by atomic mass is 32.2. The maximum atomic E-state index is 11.6. The molecule has 0 aliphatic rings. The summed E-state index contributed by atoms with van der Waals surface area (Å²) >= 11 is 1.36. The van der Waals surface area contributed by atoms with Crippen molar-refractivity contribution in [3.05, 3.63) is 5.82 Å². The van der Waals surface area contributed by atoms with Crippen molar-refractivity contribution >= 4 is 17.7 Å². The lowest BCUT2D eigenvalue weighted by atomic mass is 10.4. The van der Waals surface area contributed by atoms with Gasteiger partial charge in [-0.05, 0) is 13.8 Å². The van der Waals surface area contributed by atoms with Gasteiger partial charge >= 0.3 is 0 Å². The fraction of sp³-hybridized carbons (Fsp3) is 0.727. The Morgan fingerprint density at radius 3 is 2.84 bits per heavy atom. The van der Waals surface area contributed by atoms with Crippen LogP contribution in [0.25, 0.3) is 0 Å². The van der Waals surface area contributed by atoms with Gasteiger partial charge in [0.05, 0.1) is 18.9 Å². The van der Waals surface area contributed by atoms with Crippen LogP contribution in [0.15, 0.2) is 5.16 Å². The van der Waals surface area contributed by atoms with E-state index >= 15 is 0 Å². The third-order valence-electron chi connectivity index (χ3n) is 2.39. The lowest BCUT2D eigenvalue weighted by Gasteiger charge is -2.12. The quantitative estimate of drug-likeness (QED) is 0.523. The first kappa shape index (κ1) is 15.9. The zero-order chi connectivity index (χ0) is 14.3. The zero-order valence-electron chi connectivity index (χ0n) is 11.5. The van der Waals surface area contributed by atoms with Crippen molar-refractivity contribution < 1.29 is 9.53 Å². The number of nitrogens with zero attached hydrogens (tertiary/aromatic N) is 3. The second-order valence-electron chi connectivity index (χ2n) is 4.20. The smallest absolute Gasteiger partial charge is 0.230 e. The summed E-state index contributed by atoms with van der Waals surface area (Å²) in [5.74, 6) is 0.992. The molecule has 0 spiro atoms. The van der Waals surface area contributed by atoms with E-state index in [1.165, 1.54) is 11.8 Å². The van der Waals surface area contributed by atoms with E-state index in [1.807, 2.05) is 18.4 Å². The topological polar surface area (TPSA) is 95.1 Å². The molecule has 0 aliphatic carbocycles. The fourth-order valence-electron chi connectivity index (χ4n) is 1.54. The predicted octanol–water partition coefficient (Wildman–Crippen LogP) is 0.172. The molecule has 3 N–H and O–H groups in total. The first-order chi connectivity index (χ1) is 9.10. The number of hydrogen-bond acceptors (Lipinski definition) is 6. The maximum Gasteiger partial charge on any atom is 0.230 e. The zero-order valence-corrected chi connectivity index (χ0v) is 12.4. The Morgan fingerprint density at radius 1 is 1.53 bits per heavy atom. The number of amides is 1. The molecule has 0 bridgehead atoms. The van der Waals surface area contributed by atoms with Crippen molar-refractivity contribution in [2.24, 2.45) is 5.73 Å². The molecule has 1 aromatic rings. The summed E-state index contributed by atoms with van der Waals surface area (Å²) in [5.41, 5.74) is 5.61. The Balaban J connectivity index is 2.53. The van der Waals surface area contributed by atoms with Crippen LogP contribution in [-0.2, 0) is 16.1 Å². The van der Waals surface area contributed by atoms with Crippen LogP contribution in [0.3, 0.4) is 0 Å². The van der Waals surface area contributed by atoms with Crippen LogP contribution in [0.2, 0.25) is 0 Å². The molecule has 19 heavy (non-hydrogen) atoms. The predicted molar refractivity (Wildman–Crippen MR) is 73.9 cm³/mol. The minimum Gasteiger partial charge on any atom is -0.383 e. The molecule has 8 heteroatoms. The maximum absolute atomic E-state index is 11.6. The number of hydrogen-bond donors (Lipinski definition) is 2. The number of carbonyl (C=O) groups excluding carboxylic acids is 1. The molecule has 108 valence electrons. The number of thioether (sulfide) groups is 1. The van der Waals surface area contributed by atoms with Crippen LogP contribution in [0.5, 0.6) is 0 Å². The van der Waals surface area contributed by atoms with E-state index < -0.39 is 0 Å². The van der Waals surface area contributed by atoms with Gasteiger partial charge in [-0.3, -0.25) is 4.79 Å². The van der Waals surface area contributed by atoms with Gasteiger partial charge in [-0.25, -0.2) is 0 Å². The molecule has 0 saturated carbocycles. The van der Waals surface area contributed by atoms with Gasteiger partial charge in [0.15, 0.2) is 5.16 Å². The molecule has 0 aromatic carbocycles. The van der Waals surface area contributed by atoms with Gasteiger partial charge in [-0.1, -0.05) is 11.8 Å². The average Bonchev–Trinajstić information content (AvgIpc) is 2.79. The molecule has 1 rings (SSSR count). The first-order valence-corrected chi connectivity index (χ1v) is 7.11. The summed E-state index contributed by atoms with van der Waals surface area (Å²) in [7, 11) is 1.60. The van der Waals surface area contributed by atoms with Crippen LogP contribution in [0, 0.1) is 0 Å². The highest BCUT2D eigenvalue weighted by molar-refractivity contribution is 7.99. The first-order valence-electron chi connectivity index (χ1n) is 6.12. The third kappa shape index (κ3) is 4.81. The molecule has 1 heterocycles. The SMILES string of the molecule is COCCNC(=O)CSc1nnc(CN)n1C(C)C. The van der Waals surface area contributed by atoms with Gasteiger partial charge in [0, 0.05) is 19.7 Å². The molecule has 0 radical (unpaired) electrons. The fourth-order valence-corrected chi connectivity index (χ4v) is 2.45. The van der Waals surface area contributed by atoms with Gasteiger partial charge in [-0.2, -0.15) is 0 Å². The summed E-state index contributed by atoms with van der Waals surface area (Å²) in [4.78, 5) is 11.6. The Kier molecular flexibility index (Phi) is 6.82. The normalized spacial score (nSPS) is 11.0. The Labute approximate surface area is 117 Å². The highest BCUT2D eigenvalue weighted by Crippen LogP contribution is 2.21. The van der Waals surface area contributed by atoms with Crippen molar-refractivity contribution in [1.29, 1.82) is 0 Å². The summed E-state index contributed by atoms with van der Waals surface area (Å²) in [5, 5.41) is 11.6. The van der Waals surface area contributed by atoms with E-state index in [4.69, 9.17) is 10.5 Å². The molecule has 0 aliphatic heterocycles. The minimum atomic E-state index is -0.0466. The largest absolute Gasteiger partial charge is 0.383 e. The molecular weight excluding hydrogens is 266 g/mol. The van der Waals surface area contributed by atoms with Gasteiger partial charge in [-0.15, -0.1) is 10.2 Å². The number of aromatic nitrogens is 3. The number of rotatable bonds is 8. The Morgan fingerprint density at radius 2 is 2.26 bits per heavy atom. The van der Waals surface area contributed by atoms with Crippen LogP contribution >= 0.6 is 11.8 Å². The van der Waals surface area contributed by atoms with Crippen molar-refractivity contribution in [2.75, 3.05) is 26.0 Å². The molecule has 0 atom stereocenters. The van der Waals surface area contributed by atoms with Gasteiger partial charge in [0.2, 0.25) is 5.91 Å². The van der Waals surface area contributed by atoms with E-state index in [0.717, 1.165) is 11.0 Å². The molecule has 0 unspecified atom stereocenters. The number of carbonyl (C=O) groups is 1. The second-order valence-corrected chi connectivity index (χ2v) is 5.14. The number of nitrogens with two attached hydrogens (primary N) is 1. The van der Waals surface area contributed by atoms with E-state index in [9.17, 15) is 4.79 Å². The summed E-state index contributed by atoms with van der Waals surface area (Å²) in [6, 6.07) is 0.215. The molecule has 0 fully saturated rings. The Bertz CT molecular complexity index is 408. The van der Waals surface area contributed by atoms with Gasteiger partial charge in [0.1, 0.15) is 5.82 Å². The summed E-state index contributed by atoms with van der Waals surface area (Å²) in [6.45, 7) is 5.43. The van der Waals surface area contributed by atoms with Crippen LogP contribution in [-0.4, -0.2) is 46.7 Å². The van der Waals surface area contributed by atoms with Crippen molar-refractivity contribution in [3.8, 4) is 0 Å². The highest BCUT2D eigenvalue weighted by Gasteiger charge is 2.15. The third-order valence-corrected chi connectivity index (χ3v) is 3.34. The van der Waals surface area contributed by atoms with E-state index in [0.29, 0.717) is 25.4 Å². The van der Waals surface area contributed by atoms with Crippen LogP contribution in [0.4, 0.5) is 0 Å². The number of ether oxygens (including phenoxy) is 1. The van der Waals surface area contributed by atoms with E-state index in [1.54, 1.807) is 7.11 Å². The average molecular weight is 287 g/mol. The Hall–Kier alpha value is -1.12. The lowest BCUT2D eigenvalue weighted by molar-refractivity contribution is -0.118. The minimum absolute atomic E-state index is 0.0466. The second kappa shape index (κ2) is 8.13. The monoisotopic (exact) mass is 287 g/mol. The molecule has 1 amide bonds. The molecule has 0 saturated heterocycles. The summed E-state index contributed by atoms with van der Waals surface area (Å²) < 4.78 is 6.81. The summed E-state index contributed by atoms with van der Waals surface area (Å²) in [6.07, 6.45) is 0. The lowest BCUT2D eigenvalue weighted by Crippen LogP contribution is -2.28. The van der Waals surface area contributed by atoms with E-state index in [2.05, 4.69) is 15.5 Å². The van der Waals surface area contributed by atoms with Gasteiger partial charge < -0.3 is 20.4 Å². The number of nitrogens with one attached hydrogen (secondary N) is 1. The molecule has 1 aromatic heterocycles. The van der Waals surface area contributed by atoms with Crippen LogP contribution < -0.4 is 11.1 Å². The molecule has 7 nitrogen and oxygen atoms in total. The van der Waals surface area contributed by atoms with E-state index in [-0.39, 0.29) is 11.9 Å².